The number of nitrogens with one attached hydrogen (secondary N) is 2. The van der Waals surface area contributed by atoms with Gasteiger partial charge >= 0.3 is 0 Å². The molecule has 2 heterocycles. The number of carbonyl (C=O) groups excluding carboxylic acids is 1. The quantitative estimate of drug-likeness (QED) is 0.373. The van der Waals surface area contributed by atoms with Crippen molar-refractivity contribution in [3.63, 3.8) is 0 Å². The Labute approximate surface area is 180 Å². The Bertz CT molecular complexity index is 1170. The molecule has 0 aliphatic carbocycles. The van der Waals surface area contributed by atoms with Crippen LogP contribution in [0.25, 0.3) is 21.3 Å². The Morgan fingerprint density at radius 1 is 1.03 bits per heavy atom. The maximum atomic E-state index is 12.2. The summed E-state index contributed by atoms with van der Waals surface area (Å²) in [6.07, 6.45) is 2.76. The molecule has 0 aliphatic rings. The van der Waals surface area contributed by atoms with Crippen LogP contribution in [0, 0.1) is 13.8 Å². The van der Waals surface area contributed by atoms with Gasteiger partial charge in [0.15, 0.2) is 0 Å². The van der Waals surface area contributed by atoms with Crippen LogP contribution in [-0.4, -0.2) is 22.4 Å². The fraction of sp³-hybridized carbons (Fsp3) is 0.208. The van der Waals surface area contributed by atoms with Crippen molar-refractivity contribution in [3.8, 4) is 11.1 Å². The van der Waals surface area contributed by atoms with Crippen LogP contribution >= 0.6 is 11.3 Å². The summed E-state index contributed by atoms with van der Waals surface area (Å²) >= 11 is 1.68. The molecule has 0 atom stereocenters. The van der Waals surface area contributed by atoms with Gasteiger partial charge in [0, 0.05) is 29.1 Å². The number of fused-ring (bicyclic) bond motifs is 1. The van der Waals surface area contributed by atoms with Crippen molar-refractivity contribution in [3.05, 3.63) is 71.4 Å². The number of aromatic nitrogens is 2. The lowest BCUT2D eigenvalue weighted by Crippen LogP contribution is -2.13. The second kappa shape index (κ2) is 9.05. The Hall–Kier alpha value is -3.25. The van der Waals surface area contributed by atoms with Crippen molar-refractivity contribution in [2.24, 2.45) is 0 Å². The molecule has 30 heavy (non-hydrogen) atoms. The predicted octanol–water partition coefficient (Wildman–Crippen LogP) is 5.81. The van der Waals surface area contributed by atoms with E-state index in [4.69, 9.17) is 0 Å². The van der Waals surface area contributed by atoms with Gasteiger partial charge in [-0.3, -0.25) is 4.79 Å². The second-order valence-electron chi connectivity index (χ2n) is 7.25. The third kappa shape index (κ3) is 4.49. The van der Waals surface area contributed by atoms with Gasteiger partial charge in [0.1, 0.15) is 17.0 Å². The first-order chi connectivity index (χ1) is 14.6. The van der Waals surface area contributed by atoms with Crippen LogP contribution in [0.1, 0.15) is 23.3 Å². The number of rotatable bonds is 7. The summed E-state index contributed by atoms with van der Waals surface area (Å²) in [6, 6.07) is 18.2. The predicted molar refractivity (Wildman–Crippen MR) is 125 cm³/mol. The zero-order chi connectivity index (χ0) is 20.9. The molecule has 0 unspecified atom stereocenters. The zero-order valence-electron chi connectivity index (χ0n) is 17.1. The first-order valence-corrected chi connectivity index (χ1v) is 10.8. The van der Waals surface area contributed by atoms with E-state index in [2.05, 4.69) is 39.7 Å². The van der Waals surface area contributed by atoms with Crippen molar-refractivity contribution in [2.75, 3.05) is 17.2 Å². The average molecular weight is 417 g/mol. The molecule has 2 aromatic carbocycles. The monoisotopic (exact) mass is 416 g/mol. The third-order valence-corrected chi connectivity index (χ3v) is 5.91. The summed E-state index contributed by atoms with van der Waals surface area (Å²) in [5.41, 5.74) is 4.31. The highest BCUT2D eigenvalue weighted by molar-refractivity contribution is 7.19. The number of hydrogen-bond donors (Lipinski definition) is 2. The van der Waals surface area contributed by atoms with Crippen molar-refractivity contribution in [2.45, 2.75) is 26.7 Å². The number of amides is 1. The molecule has 0 aliphatic heterocycles. The van der Waals surface area contributed by atoms with E-state index in [-0.39, 0.29) is 5.91 Å². The van der Waals surface area contributed by atoms with E-state index in [9.17, 15) is 4.79 Å². The molecule has 0 saturated carbocycles. The largest absolute Gasteiger partial charge is 0.369 e. The molecule has 4 rings (SSSR count). The highest BCUT2D eigenvalue weighted by Gasteiger charge is 2.16. The number of aryl methyl sites for hydroxylation is 2. The molecule has 6 heteroatoms. The van der Waals surface area contributed by atoms with Crippen molar-refractivity contribution in [1.82, 2.24) is 9.97 Å². The normalized spacial score (nSPS) is 10.9. The molecule has 1 amide bonds. The van der Waals surface area contributed by atoms with E-state index in [1.165, 1.54) is 10.4 Å². The van der Waals surface area contributed by atoms with E-state index < -0.39 is 0 Å². The summed E-state index contributed by atoms with van der Waals surface area (Å²) < 4.78 is 0. The first kappa shape index (κ1) is 20.0. The van der Waals surface area contributed by atoms with Crippen LogP contribution in [0.3, 0.4) is 0 Å². The van der Waals surface area contributed by atoms with E-state index in [1.807, 2.05) is 49.4 Å². The molecule has 2 N–H and O–H groups in total. The van der Waals surface area contributed by atoms with Gasteiger partial charge in [0.25, 0.3) is 0 Å². The summed E-state index contributed by atoms with van der Waals surface area (Å²) in [5, 5.41) is 7.42. The lowest BCUT2D eigenvalue weighted by Gasteiger charge is -2.09. The third-order valence-electron chi connectivity index (χ3n) is 4.90. The minimum atomic E-state index is 0.0200. The van der Waals surface area contributed by atoms with Crippen LogP contribution in [0.15, 0.2) is 60.9 Å². The van der Waals surface area contributed by atoms with Crippen molar-refractivity contribution in [1.29, 1.82) is 0 Å². The molecule has 0 saturated heterocycles. The van der Waals surface area contributed by atoms with Crippen LogP contribution in [-0.2, 0) is 4.79 Å². The molecule has 5 nitrogen and oxygen atoms in total. The molecule has 4 aromatic rings. The topological polar surface area (TPSA) is 66.9 Å². The van der Waals surface area contributed by atoms with Crippen LogP contribution in [0.5, 0.6) is 0 Å². The van der Waals surface area contributed by atoms with Gasteiger partial charge in [0.2, 0.25) is 5.91 Å². The van der Waals surface area contributed by atoms with Crippen LogP contribution in [0.4, 0.5) is 11.5 Å². The number of carbonyl (C=O) groups is 1. The number of thiophene rings is 1. The lowest BCUT2D eigenvalue weighted by molar-refractivity contribution is -0.116. The second-order valence-corrected chi connectivity index (χ2v) is 8.45. The van der Waals surface area contributed by atoms with Gasteiger partial charge in [-0.25, -0.2) is 9.97 Å². The van der Waals surface area contributed by atoms with E-state index >= 15 is 0 Å². The smallest absolute Gasteiger partial charge is 0.224 e. The van der Waals surface area contributed by atoms with Gasteiger partial charge in [-0.1, -0.05) is 42.5 Å². The summed E-state index contributed by atoms with van der Waals surface area (Å²) in [7, 11) is 0. The van der Waals surface area contributed by atoms with Gasteiger partial charge in [-0.15, -0.1) is 11.3 Å². The maximum Gasteiger partial charge on any atom is 0.224 e. The number of hydrogen-bond acceptors (Lipinski definition) is 5. The Kier molecular flexibility index (Phi) is 6.05. The van der Waals surface area contributed by atoms with Gasteiger partial charge in [-0.05, 0) is 43.5 Å². The SMILES string of the molecule is Cc1cccc(NC(=O)CCCNc2ncnc3sc(C)c(-c4ccccc4)c23)c1. The molecule has 0 radical (unpaired) electrons. The van der Waals surface area contributed by atoms with Gasteiger partial charge in [0.05, 0.1) is 5.39 Å². The average Bonchev–Trinajstić information content (AvgIpc) is 3.08. The summed E-state index contributed by atoms with van der Waals surface area (Å²) in [6.45, 7) is 4.79. The number of nitrogens with zero attached hydrogens (tertiary/aromatic N) is 2. The van der Waals surface area contributed by atoms with Crippen LogP contribution in [0.2, 0.25) is 0 Å². The zero-order valence-corrected chi connectivity index (χ0v) is 17.9. The Morgan fingerprint density at radius 2 is 1.87 bits per heavy atom. The minimum absolute atomic E-state index is 0.0200. The minimum Gasteiger partial charge on any atom is -0.369 e. The lowest BCUT2D eigenvalue weighted by atomic mass is 10.0. The Morgan fingerprint density at radius 3 is 2.67 bits per heavy atom. The highest BCUT2D eigenvalue weighted by Crippen LogP contribution is 2.40. The van der Waals surface area contributed by atoms with E-state index in [1.54, 1.807) is 17.7 Å². The molecule has 0 fully saturated rings. The number of benzene rings is 2. The van der Waals surface area contributed by atoms with Crippen LogP contribution < -0.4 is 10.6 Å². The molecule has 0 spiro atoms. The van der Waals surface area contributed by atoms with E-state index in [0.29, 0.717) is 19.4 Å². The van der Waals surface area contributed by atoms with Gasteiger partial charge in [-0.2, -0.15) is 0 Å². The Balaban J connectivity index is 1.43. The molecule has 0 bridgehead atoms. The molecular weight excluding hydrogens is 392 g/mol. The summed E-state index contributed by atoms with van der Waals surface area (Å²) in [4.78, 5) is 23.4. The van der Waals surface area contributed by atoms with Gasteiger partial charge < -0.3 is 10.6 Å². The fourth-order valence-electron chi connectivity index (χ4n) is 3.53. The van der Waals surface area contributed by atoms with Crippen molar-refractivity contribution < 1.29 is 4.79 Å². The highest BCUT2D eigenvalue weighted by atomic mass is 32.1. The molecule has 152 valence electrons. The fourth-order valence-corrected chi connectivity index (χ4v) is 4.55. The standard InChI is InChI=1S/C24H24N4OS/c1-16-8-6-11-19(14-16)28-20(29)12-7-13-25-23-22-21(18-9-4-3-5-10-18)17(2)30-24(22)27-15-26-23/h3-6,8-11,14-15H,7,12-13H2,1-2H3,(H,28,29)(H,25,26,27). The number of anilines is 2. The van der Waals surface area contributed by atoms with Crippen molar-refractivity contribution >= 4 is 39.0 Å². The summed E-state index contributed by atoms with van der Waals surface area (Å²) in [5.74, 6) is 0.842. The molecular formula is C24H24N4OS. The van der Waals surface area contributed by atoms with E-state index in [0.717, 1.165) is 32.8 Å². The molecule has 2 aromatic heterocycles. The maximum absolute atomic E-state index is 12.2. The first-order valence-electron chi connectivity index (χ1n) is 10.0.